The van der Waals surface area contributed by atoms with E-state index in [2.05, 4.69) is 19.2 Å². The van der Waals surface area contributed by atoms with Crippen LogP contribution in [0.2, 0.25) is 0 Å². The highest BCUT2D eigenvalue weighted by molar-refractivity contribution is 7.79. The molecule has 0 bridgehead atoms. The van der Waals surface area contributed by atoms with Gasteiger partial charge in [0, 0.05) is 6.54 Å². The first-order chi connectivity index (χ1) is 13.7. The van der Waals surface area contributed by atoms with Crippen LogP contribution in [0.5, 0.6) is 11.5 Å². The number of nitrogens with one attached hydrogen (secondary N) is 1. The zero-order valence-corrected chi connectivity index (χ0v) is 18.1. The lowest BCUT2D eigenvalue weighted by atomic mass is 9.93. The van der Waals surface area contributed by atoms with Gasteiger partial charge in [0.1, 0.15) is 11.5 Å². The van der Waals surface area contributed by atoms with Crippen LogP contribution in [0, 0.1) is 13.8 Å². The van der Waals surface area contributed by atoms with Gasteiger partial charge >= 0.3 is 0 Å². The molecule has 1 atom stereocenters. The summed E-state index contributed by atoms with van der Waals surface area (Å²) >= 11 is -1.92. The summed E-state index contributed by atoms with van der Waals surface area (Å²) in [6.07, 6.45) is 0.747. The van der Waals surface area contributed by atoms with Gasteiger partial charge in [-0.1, -0.05) is 26.0 Å². The van der Waals surface area contributed by atoms with Crippen LogP contribution in [0.3, 0.4) is 0 Å². The monoisotopic (exact) mass is 419 g/mol. The first-order valence-corrected chi connectivity index (χ1v) is 10.8. The van der Waals surface area contributed by atoms with Gasteiger partial charge in [-0.3, -0.25) is 4.79 Å². The second-order valence-electron chi connectivity index (χ2n) is 7.42. The van der Waals surface area contributed by atoms with Gasteiger partial charge < -0.3 is 19.7 Å². The van der Waals surface area contributed by atoms with Crippen molar-refractivity contribution in [2.24, 2.45) is 0 Å². The lowest BCUT2D eigenvalue weighted by Crippen LogP contribution is -2.31. The number of carbonyl (C=O) groups excluding carboxylic acids is 1. The zero-order chi connectivity index (χ0) is 21.6. The van der Waals surface area contributed by atoms with Crippen molar-refractivity contribution in [1.29, 1.82) is 0 Å². The standard InChI is InChI=1S/C22H29NO5S/c1-14(2)19-11-17(5-6-21(19)24)12-20-15(3)9-18(10-16(20)4)28-13-22(25)23-7-8-29(26)27/h5-6,9-11,14,24H,7-8,12-13H2,1-4H3,(H,23,25)(H,26,27). The van der Waals surface area contributed by atoms with Gasteiger partial charge in [-0.05, 0) is 72.2 Å². The highest BCUT2D eigenvalue weighted by Crippen LogP contribution is 2.29. The van der Waals surface area contributed by atoms with Gasteiger partial charge in [0.05, 0.1) is 5.75 Å². The van der Waals surface area contributed by atoms with E-state index in [1.165, 1.54) is 5.56 Å². The first-order valence-electron chi connectivity index (χ1n) is 9.56. The van der Waals surface area contributed by atoms with Crippen molar-refractivity contribution in [2.75, 3.05) is 18.9 Å². The minimum Gasteiger partial charge on any atom is -0.508 e. The van der Waals surface area contributed by atoms with Crippen molar-refractivity contribution in [3.8, 4) is 11.5 Å². The molecule has 2 rings (SSSR count). The Morgan fingerprint density at radius 1 is 1.17 bits per heavy atom. The number of aromatic hydroxyl groups is 1. The molecule has 0 saturated carbocycles. The number of ether oxygens (including phenoxy) is 1. The summed E-state index contributed by atoms with van der Waals surface area (Å²) in [4.78, 5) is 11.8. The third-order valence-corrected chi connectivity index (χ3v) is 5.29. The number of hydrogen-bond acceptors (Lipinski definition) is 4. The lowest BCUT2D eigenvalue weighted by molar-refractivity contribution is -0.122. The van der Waals surface area contributed by atoms with Crippen LogP contribution < -0.4 is 10.1 Å². The first kappa shape index (κ1) is 22.9. The van der Waals surface area contributed by atoms with Crippen LogP contribution in [0.4, 0.5) is 0 Å². The molecule has 1 amide bonds. The molecule has 2 aromatic rings. The van der Waals surface area contributed by atoms with Gasteiger partial charge in [0.15, 0.2) is 17.7 Å². The van der Waals surface area contributed by atoms with Gasteiger partial charge in [0.25, 0.3) is 5.91 Å². The Morgan fingerprint density at radius 2 is 1.83 bits per heavy atom. The summed E-state index contributed by atoms with van der Waals surface area (Å²) in [5.41, 5.74) is 5.39. The van der Waals surface area contributed by atoms with Crippen LogP contribution in [0.15, 0.2) is 30.3 Å². The molecule has 29 heavy (non-hydrogen) atoms. The average molecular weight is 420 g/mol. The molecule has 1 unspecified atom stereocenters. The molecule has 0 saturated heterocycles. The van der Waals surface area contributed by atoms with Gasteiger partial charge in [-0.25, -0.2) is 4.21 Å². The van der Waals surface area contributed by atoms with Crippen LogP contribution in [0.1, 0.15) is 47.6 Å². The molecule has 6 nitrogen and oxygen atoms in total. The van der Waals surface area contributed by atoms with Crippen LogP contribution in [0.25, 0.3) is 0 Å². The summed E-state index contributed by atoms with van der Waals surface area (Å²) in [7, 11) is 0. The van der Waals surface area contributed by atoms with E-state index < -0.39 is 11.1 Å². The maximum atomic E-state index is 11.8. The summed E-state index contributed by atoms with van der Waals surface area (Å²) in [6, 6.07) is 9.55. The van der Waals surface area contributed by atoms with Gasteiger partial charge in [-0.2, -0.15) is 0 Å². The molecule has 0 aromatic heterocycles. The molecule has 0 fully saturated rings. The van der Waals surface area contributed by atoms with E-state index in [0.29, 0.717) is 11.5 Å². The van der Waals surface area contributed by atoms with E-state index in [1.807, 2.05) is 38.1 Å². The maximum Gasteiger partial charge on any atom is 0.257 e. The van der Waals surface area contributed by atoms with Crippen LogP contribution >= 0.6 is 0 Å². The van der Waals surface area contributed by atoms with Crippen molar-refractivity contribution in [3.63, 3.8) is 0 Å². The minimum atomic E-state index is -1.92. The maximum absolute atomic E-state index is 11.8. The van der Waals surface area contributed by atoms with Crippen LogP contribution in [-0.2, 0) is 22.3 Å². The Morgan fingerprint density at radius 3 is 2.41 bits per heavy atom. The minimum absolute atomic E-state index is 0.00552. The molecule has 7 heteroatoms. The number of hydrogen-bond donors (Lipinski definition) is 3. The normalized spacial score (nSPS) is 12.1. The molecular weight excluding hydrogens is 390 g/mol. The topological polar surface area (TPSA) is 95.9 Å². The molecule has 0 radical (unpaired) electrons. The molecule has 3 N–H and O–H groups in total. The quantitative estimate of drug-likeness (QED) is 0.541. The summed E-state index contributed by atoms with van der Waals surface area (Å²) in [5, 5.41) is 12.6. The second-order valence-corrected chi connectivity index (χ2v) is 8.48. The van der Waals surface area contributed by atoms with Crippen molar-refractivity contribution >= 4 is 17.0 Å². The zero-order valence-electron chi connectivity index (χ0n) is 17.3. The number of rotatable bonds is 9. The molecule has 158 valence electrons. The fourth-order valence-electron chi connectivity index (χ4n) is 3.17. The number of benzene rings is 2. The molecule has 0 heterocycles. The summed E-state index contributed by atoms with van der Waals surface area (Å²) in [5.74, 6) is 0.841. The van der Waals surface area contributed by atoms with Gasteiger partial charge in [-0.15, -0.1) is 0 Å². The van der Waals surface area contributed by atoms with E-state index in [-0.39, 0.29) is 30.7 Å². The molecule has 0 aliphatic carbocycles. The molecule has 2 aromatic carbocycles. The van der Waals surface area contributed by atoms with Gasteiger partial charge in [0.2, 0.25) is 0 Å². The largest absolute Gasteiger partial charge is 0.508 e. The Bertz CT molecular complexity index is 872. The van der Waals surface area contributed by atoms with Crippen LogP contribution in [-0.4, -0.2) is 38.7 Å². The number of amides is 1. The van der Waals surface area contributed by atoms with E-state index in [4.69, 9.17) is 9.29 Å². The third-order valence-electron chi connectivity index (χ3n) is 4.73. The number of carbonyl (C=O) groups is 1. The van der Waals surface area contributed by atoms with Crippen molar-refractivity contribution in [1.82, 2.24) is 5.32 Å². The van der Waals surface area contributed by atoms with E-state index in [1.54, 1.807) is 6.07 Å². The van der Waals surface area contributed by atoms with E-state index in [0.717, 1.165) is 28.7 Å². The summed E-state index contributed by atoms with van der Waals surface area (Å²) < 4.78 is 24.9. The molecule has 0 aliphatic heterocycles. The molecular formula is C22H29NO5S. The van der Waals surface area contributed by atoms with Crippen molar-refractivity contribution < 1.29 is 23.4 Å². The summed E-state index contributed by atoms with van der Waals surface area (Å²) in [6.45, 7) is 8.12. The Labute approximate surface area is 174 Å². The lowest BCUT2D eigenvalue weighted by Gasteiger charge is -2.15. The fraction of sp³-hybridized carbons (Fsp3) is 0.409. The van der Waals surface area contributed by atoms with E-state index in [9.17, 15) is 14.1 Å². The smallest absolute Gasteiger partial charge is 0.257 e. The Balaban J connectivity index is 2.05. The second kappa shape index (κ2) is 10.4. The Hall–Kier alpha value is -2.38. The molecule has 0 spiro atoms. The fourth-order valence-corrected chi connectivity index (χ4v) is 3.45. The Kier molecular flexibility index (Phi) is 8.22. The SMILES string of the molecule is Cc1cc(OCC(=O)NCCS(=O)O)cc(C)c1Cc1ccc(O)c(C(C)C)c1. The highest BCUT2D eigenvalue weighted by atomic mass is 32.2. The molecule has 0 aliphatic rings. The van der Waals surface area contributed by atoms with E-state index >= 15 is 0 Å². The van der Waals surface area contributed by atoms with Crippen molar-refractivity contribution in [3.05, 3.63) is 58.1 Å². The number of phenolic OH excluding ortho intramolecular Hbond substituents is 1. The average Bonchev–Trinajstić information content (AvgIpc) is 2.63. The number of aryl methyl sites for hydroxylation is 2. The third kappa shape index (κ3) is 6.87. The predicted octanol–water partition coefficient (Wildman–Crippen LogP) is 3.44. The highest BCUT2D eigenvalue weighted by Gasteiger charge is 2.11. The predicted molar refractivity (Wildman–Crippen MR) is 115 cm³/mol. The number of phenols is 1. The van der Waals surface area contributed by atoms with Crippen molar-refractivity contribution in [2.45, 2.75) is 40.0 Å².